The number of furan rings is 1. The smallest absolute Gasteiger partial charge is 0.178 e. The Bertz CT molecular complexity index is 902. The van der Waals surface area contributed by atoms with Crippen LogP contribution in [-0.2, 0) is 6.54 Å². The third kappa shape index (κ3) is 1.51. The van der Waals surface area contributed by atoms with Crippen molar-refractivity contribution in [3.8, 4) is 0 Å². The molecule has 0 aliphatic heterocycles. The van der Waals surface area contributed by atoms with Gasteiger partial charge in [-0.25, -0.2) is 0 Å². The Balaban J connectivity index is 2.03. The molecule has 0 atom stereocenters. The molecule has 100 valence electrons. The number of aromatic nitrogens is 3. The first kappa shape index (κ1) is 11.1. The Labute approximate surface area is 113 Å². The van der Waals surface area contributed by atoms with Crippen molar-refractivity contribution >= 4 is 27.8 Å². The van der Waals surface area contributed by atoms with Crippen molar-refractivity contribution in [1.82, 2.24) is 14.9 Å². The Morgan fingerprint density at radius 3 is 3.05 bits per heavy atom. The topological polar surface area (TPSA) is 83.0 Å². The van der Waals surface area contributed by atoms with Gasteiger partial charge in [-0.3, -0.25) is 4.68 Å². The van der Waals surface area contributed by atoms with Crippen LogP contribution < -0.4 is 5.73 Å². The van der Waals surface area contributed by atoms with Crippen molar-refractivity contribution in [3.63, 3.8) is 0 Å². The number of nitrogen functional groups attached to an aromatic ring is 1. The van der Waals surface area contributed by atoms with Gasteiger partial charge in [0.2, 0.25) is 0 Å². The van der Waals surface area contributed by atoms with E-state index in [0.29, 0.717) is 17.9 Å². The van der Waals surface area contributed by atoms with Gasteiger partial charge in [0.25, 0.3) is 0 Å². The van der Waals surface area contributed by atoms with Crippen molar-refractivity contribution < 1.29 is 8.94 Å². The fourth-order valence-corrected chi connectivity index (χ4v) is 2.52. The standard InChI is InChI=1S/C14H12N4O2/c1-8-5-10-9(7-18-4-2-3-16-18)6-11-12(13(10)19-8)14(15)17-20-11/h2-6H,7H2,1H3,(H2,15,17). The lowest BCUT2D eigenvalue weighted by atomic mass is 10.1. The number of rotatable bonds is 2. The Morgan fingerprint density at radius 1 is 1.35 bits per heavy atom. The quantitative estimate of drug-likeness (QED) is 0.604. The molecule has 2 N–H and O–H groups in total. The highest BCUT2D eigenvalue weighted by molar-refractivity contribution is 6.08. The van der Waals surface area contributed by atoms with E-state index in [-0.39, 0.29) is 0 Å². The summed E-state index contributed by atoms with van der Waals surface area (Å²) in [4.78, 5) is 0. The van der Waals surface area contributed by atoms with Crippen molar-refractivity contribution in [3.05, 3.63) is 41.9 Å². The second-order valence-corrected chi connectivity index (χ2v) is 4.78. The number of aryl methyl sites for hydroxylation is 1. The summed E-state index contributed by atoms with van der Waals surface area (Å²) in [6, 6.07) is 5.83. The Hall–Kier alpha value is -2.76. The molecular weight excluding hydrogens is 256 g/mol. The first-order chi connectivity index (χ1) is 9.72. The maximum absolute atomic E-state index is 5.86. The molecule has 0 unspecified atom stereocenters. The van der Waals surface area contributed by atoms with E-state index in [9.17, 15) is 0 Å². The molecule has 0 saturated heterocycles. The molecule has 0 bridgehead atoms. The van der Waals surface area contributed by atoms with Gasteiger partial charge in [0.15, 0.2) is 11.4 Å². The van der Waals surface area contributed by atoms with Gasteiger partial charge in [0, 0.05) is 17.8 Å². The van der Waals surface area contributed by atoms with Crippen LogP contribution in [0.3, 0.4) is 0 Å². The molecule has 0 saturated carbocycles. The monoisotopic (exact) mass is 268 g/mol. The molecule has 1 aromatic carbocycles. The normalized spacial score (nSPS) is 11.7. The van der Waals surface area contributed by atoms with Crippen LogP contribution in [0.25, 0.3) is 21.9 Å². The lowest BCUT2D eigenvalue weighted by molar-refractivity contribution is 0.460. The molecule has 4 rings (SSSR count). The minimum Gasteiger partial charge on any atom is -0.460 e. The summed E-state index contributed by atoms with van der Waals surface area (Å²) in [6.45, 7) is 2.55. The first-order valence-corrected chi connectivity index (χ1v) is 6.26. The molecule has 0 radical (unpaired) electrons. The van der Waals surface area contributed by atoms with Gasteiger partial charge in [-0.15, -0.1) is 0 Å². The van der Waals surface area contributed by atoms with E-state index in [0.717, 1.165) is 27.7 Å². The average molecular weight is 268 g/mol. The van der Waals surface area contributed by atoms with Gasteiger partial charge >= 0.3 is 0 Å². The van der Waals surface area contributed by atoms with Crippen molar-refractivity contribution in [2.24, 2.45) is 0 Å². The molecule has 3 aromatic heterocycles. The second-order valence-electron chi connectivity index (χ2n) is 4.78. The van der Waals surface area contributed by atoms with Crippen molar-refractivity contribution in [1.29, 1.82) is 0 Å². The molecule has 0 aliphatic carbocycles. The predicted molar refractivity (Wildman–Crippen MR) is 74.3 cm³/mol. The number of hydrogen-bond donors (Lipinski definition) is 1. The number of anilines is 1. The summed E-state index contributed by atoms with van der Waals surface area (Å²) in [5.41, 5.74) is 8.27. The highest BCUT2D eigenvalue weighted by Crippen LogP contribution is 2.34. The molecule has 20 heavy (non-hydrogen) atoms. The van der Waals surface area contributed by atoms with E-state index in [1.165, 1.54) is 0 Å². The first-order valence-electron chi connectivity index (χ1n) is 6.26. The van der Waals surface area contributed by atoms with Crippen molar-refractivity contribution in [2.45, 2.75) is 13.5 Å². The van der Waals surface area contributed by atoms with Gasteiger partial charge in [0.1, 0.15) is 16.7 Å². The zero-order chi connectivity index (χ0) is 13.7. The summed E-state index contributed by atoms with van der Waals surface area (Å²) in [5.74, 6) is 1.18. The minimum atomic E-state index is 0.352. The SMILES string of the molecule is Cc1cc2c(Cn3cccn3)cc3onc(N)c3c2o1. The van der Waals surface area contributed by atoms with Crippen LogP contribution in [0.5, 0.6) is 0 Å². The molecular formula is C14H12N4O2. The van der Waals surface area contributed by atoms with Crippen LogP contribution in [0.1, 0.15) is 11.3 Å². The van der Waals surface area contributed by atoms with E-state index in [1.807, 2.05) is 36.0 Å². The van der Waals surface area contributed by atoms with Crippen LogP contribution in [0.4, 0.5) is 5.82 Å². The van der Waals surface area contributed by atoms with E-state index < -0.39 is 0 Å². The number of nitrogens with zero attached hydrogens (tertiary/aromatic N) is 3. The van der Waals surface area contributed by atoms with Gasteiger partial charge in [0.05, 0.1) is 6.54 Å². The number of nitrogens with two attached hydrogens (primary N) is 1. The van der Waals surface area contributed by atoms with Crippen LogP contribution in [0.2, 0.25) is 0 Å². The summed E-state index contributed by atoms with van der Waals surface area (Å²) in [6.07, 6.45) is 3.67. The van der Waals surface area contributed by atoms with Crippen LogP contribution in [0.15, 0.2) is 39.5 Å². The van der Waals surface area contributed by atoms with Gasteiger partial charge in [-0.2, -0.15) is 5.10 Å². The zero-order valence-electron chi connectivity index (χ0n) is 10.8. The number of benzene rings is 1. The maximum atomic E-state index is 5.86. The van der Waals surface area contributed by atoms with Crippen LogP contribution >= 0.6 is 0 Å². The molecule has 4 aromatic rings. The molecule has 3 heterocycles. The largest absolute Gasteiger partial charge is 0.460 e. The van der Waals surface area contributed by atoms with Gasteiger partial charge in [-0.1, -0.05) is 5.16 Å². The summed E-state index contributed by atoms with van der Waals surface area (Å²) < 4.78 is 12.9. The highest BCUT2D eigenvalue weighted by Gasteiger charge is 2.17. The molecule has 0 fully saturated rings. The van der Waals surface area contributed by atoms with Crippen LogP contribution in [0, 0.1) is 6.92 Å². The van der Waals surface area contributed by atoms with E-state index >= 15 is 0 Å². The highest BCUT2D eigenvalue weighted by atomic mass is 16.5. The third-order valence-electron chi connectivity index (χ3n) is 3.37. The van der Waals surface area contributed by atoms with Crippen LogP contribution in [-0.4, -0.2) is 14.9 Å². The number of fused-ring (bicyclic) bond motifs is 3. The van der Waals surface area contributed by atoms with E-state index in [2.05, 4.69) is 10.3 Å². The van der Waals surface area contributed by atoms with Crippen molar-refractivity contribution in [2.75, 3.05) is 5.73 Å². The molecule has 0 amide bonds. The number of hydrogen-bond acceptors (Lipinski definition) is 5. The van der Waals surface area contributed by atoms with E-state index in [1.54, 1.807) is 6.20 Å². The Kier molecular flexibility index (Phi) is 2.14. The molecule has 6 nitrogen and oxygen atoms in total. The summed E-state index contributed by atoms with van der Waals surface area (Å²) >= 11 is 0. The van der Waals surface area contributed by atoms with Gasteiger partial charge in [-0.05, 0) is 30.7 Å². The maximum Gasteiger partial charge on any atom is 0.178 e. The fourth-order valence-electron chi connectivity index (χ4n) is 2.52. The van der Waals surface area contributed by atoms with Gasteiger partial charge < -0.3 is 14.7 Å². The molecule has 0 spiro atoms. The minimum absolute atomic E-state index is 0.352. The Morgan fingerprint density at radius 2 is 2.25 bits per heavy atom. The predicted octanol–water partition coefficient (Wildman–Crippen LogP) is 2.71. The van der Waals surface area contributed by atoms with E-state index in [4.69, 9.17) is 14.7 Å². The second kappa shape index (κ2) is 3.86. The average Bonchev–Trinajstić information content (AvgIpc) is 3.10. The third-order valence-corrected chi connectivity index (χ3v) is 3.37. The lowest BCUT2D eigenvalue weighted by Gasteiger charge is -2.03. The summed E-state index contributed by atoms with van der Waals surface area (Å²) in [7, 11) is 0. The lowest BCUT2D eigenvalue weighted by Crippen LogP contribution is -2.00. The molecule has 6 heteroatoms. The summed E-state index contributed by atoms with van der Waals surface area (Å²) in [5, 5.41) is 9.79. The zero-order valence-corrected chi connectivity index (χ0v) is 10.8. The molecule has 0 aliphatic rings. The fraction of sp³-hybridized carbons (Fsp3) is 0.143.